The molecule has 2 nitrogen and oxygen atoms in total. The van der Waals surface area contributed by atoms with Crippen LogP contribution in [0.15, 0.2) is 36.4 Å². The quantitative estimate of drug-likeness (QED) is 0.491. The minimum Gasteiger partial charge on any atom is -0.271 e. The van der Waals surface area contributed by atoms with Crippen molar-refractivity contribution in [3.05, 3.63) is 68.3 Å². The van der Waals surface area contributed by atoms with E-state index in [1.54, 1.807) is 18.2 Å². The highest BCUT2D eigenvalue weighted by molar-refractivity contribution is 14.1. The molecule has 1 atom stereocenters. The summed E-state index contributed by atoms with van der Waals surface area (Å²) in [5, 5.41) is 0. The Morgan fingerprint density at radius 2 is 1.84 bits per heavy atom. The number of nitrogens with one attached hydrogen (secondary N) is 1. The average molecular weight is 374 g/mol. The first-order valence-electron chi connectivity index (χ1n) is 5.70. The largest absolute Gasteiger partial charge is 0.271 e. The molecule has 3 N–H and O–H groups in total. The van der Waals surface area contributed by atoms with Crippen molar-refractivity contribution in [2.24, 2.45) is 5.84 Å². The Hall–Kier alpha value is -1.05. The molecule has 2 aromatic rings. The SMILES string of the molecule is Cc1ccc(F)c(C(NN)c2ccc(F)cc2I)c1. The standard InChI is InChI=1S/C14H13F2IN2/c1-8-2-5-12(16)11(6-8)14(19-18)10-4-3-9(15)7-13(10)17/h2-7,14,19H,18H2,1H3. The van der Waals surface area contributed by atoms with Crippen molar-refractivity contribution in [1.82, 2.24) is 5.43 Å². The Kier molecular flexibility index (Phi) is 4.49. The van der Waals surface area contributed by atoms with Gasteiger partial charge in [-0.05, 0) is 53.3 Å². The lowest BCUT2D eigenvalue weighted by Gasteiger charge is -2.19. The average Bonchev–Trinajstić information content (AvgIpc) is 2.36. The third-order valence-electron chi connectivity index (χ3n) is 2.90. The molecule has 19 heavy (non-hydrogen) atoms. The Bertz CT molecular complexity index is 602. The zero-order chi connectivity index (χ0) is 14.0. The highest BCUT2D eigenvalue weighted by Crippen LogP contribution is 2.28. The van der Waals surface area contributed by atoms with E-state index in [1.807, 2.05) is 29.5 Å². The molecule has 0 aromatic heterocycles. The maximum absolute atomic E-state index is 13.9. The number of hydrogen-bond donors (Lipinski definition) is 2. The lowest BCUT2D eigenvalue weighted by molar-refractivity contribution is 0.557. The van der Waals surface area contributed by atoms with Gasteiger partial charge in [-0.15, -0.1) is 0 Å². The fourth-order valence-electron chi connectivity index (χ4n) is 1.97. The molecule has 0 heterocycles. The Morgan fingerprint density at radius 3 is 2.47 bits per heavy atom. The van der Waals surface area contributed by atoms with Crippen LogP contribution in [0, 0.1) is 22.1 Å². The second-order valence-electron chi connectivity index (χ2n) is 4.29. The van der Waals surface area contributed by atoms with E-state index in [9.17, 15) is 8.78 Å². The van der Waals surface area contributed by atoms with Gasteiger partial charge in [0.2, 0.25) is 0 Å². The number of aryl methyl sites for hydroxylation is 1. The molecule has 0 bridgehead atoms. The maximum atomic E-state index is 13.9. The smallest absolute Gasteiger partial charge is 0.128 e. The summed E-state index contributed by atoms with van der Waals surface area (Å²) in [6.45, 7) is 1.88. The van der Waals surface area contributed by atoms with E-state index < -0.39 is 6.04 Å². The summed E-state index contributed by atoms with van der Waals surface area (Å²) in [7, 11) is 0. The van der Waals surface area contributed by atoms with E-state index in [2.05, 4.69) is 5.43 Å². The minimum absolute atomic E-state index is 0.325. The van der Waals surface area contributed by atoms with Gasteiger partial charge in [0.1, 0.15) is 11.6 Å². The number of nitrogens with two attached hydrogens (primary N) is 1. The predicted octanol–water partition coefficient (Wildman–Crippen LogP) is 3.43. The van der Waals surface area contributed by atoms with E-state index in [-0.39, 0.29) is 11.6 Å². The topological polar surface area (TPSA) is 38.0 Å². The van der Waals surface area contributed by atoms with Gasteiger partial charge in [-0.2, -0.15) is 0 Å². The molecule has 0 aliphatic heterocycles. The Labute approximate surface area is 124 Å². The van der Waals surface area contributed by atoms with Crippen LogP contribution in [-0.2, 0) is 0 Å². The van der Waals surface area contributed by atoms with Gasteiger partial charge in [-0.25, -0.2) is 14.2 Å². The third-order valence-corrected chi connectivity index (χ3v) is 3.84. The van der Waals surface area contributed by atoms with Gasteiger partial charge in [-0.3, -0.25) is 5.84 Å². The van der Waals surface area contributed by atoms with Crippen molar-refractivity contribution < 1.29 is 8.78 Å². The molecule has 1 unspecified atom stereocenters. The van der Waals surface area contributed by atoms with Gasteiger partial charge in [-0.1, -0.05) is 23.8 Å². The zero-order valence-corrected chi connectivity index (χ0v) is 12.4. The Morgan fingerprint density at radius 1 is 1.11 bits per heavy atom. The first kappa shape index (κ1) is 14.4. The first-order valence-corrected chi connectivity index (χ1v) is 6.78. The van der Waals surface area contributed by atoms with Crippen LogP contribution < -0.4 is 11.3 Å². The molecular weight excluding hydrogens is 361 g/mol. The fraction of sp³-hybridized carbons (Fsp3) is 0.143. The summed E-state index contributed by atoms with van der Waals surface area (Å²) in [5.41, 5.74) is 4.73. The van der Waals surface area contributed by atoms with Crippen molar-refractivity contribution >= 4 is 22.6 Å². The number of hydrogen-bond acceptors (Lipinski definition) is 2. The molecule has 0 amide bonds. The summed E-state index contributed by atoms with van der Waals surface area (Å²) in [4.78, 5) is 0. The first-order chi connectivity index (χ1) is 9.02. The molecule has 0 radical (unpaired) electrons. The van der Waals surface area contributed by atoms with Crippen LogP contribution in [-0.4, -0.2) is 0 Å². The van der Waals surface area contributed by atoms with Crippen LogP contribution in [0.4, 0.5) is 8.78 Å². The number of hydrazine groups is 1. The molecule has 2 rings (SSSR count). The Balaban J connectivity index is 2.52. The van der Waals surface area contributed by atoms with Crippen LogP contribution in [0.1, 0.15) is 22.7 Å². The predicted molar refractivity (Wildman–Crippen MR) is 79.4 cm³/mol. The lowest BCUT2D eigenvalue weighted by Crippen LogP contribution is -2.30. The van der Waals surface area contributed by atoms with Crippen LogP contribution in [0.3, 0.4) is 0 Å². The van der Waals surface area contributed by atoms with E-state index in [1.165, 1.54) is 18.2 Å². The van der Waals surface area contributed by atoms with E-state index in [4.69, 9.17) is 5.84 Å². The zero-order valence-electron chi connectivity index (χ0n) is 10.3. The van der Waals surface area contributed by atoms with Crippen molar-refractivity contribution in [2.75, 3.05) is 0 Å². The van der Waals surface area contributed by atoms with Crippen molar-refractivity contribution in [3.8, 4) is 0 Å². The minimum atomic E-state index is -0.507. The van der Waals surface area contributed by atoms with E-state index in [0.29, 0.717) is 9.13 Å². The van der Waals surface area contributed by atoms with Gasteiger partial charge in [0.25, 0.3) is 0 Å². The van der Waals surface area contributed by atoms with Gasteiger partial charge in [0, 0.05) is 9.13 Å². The van der Waals surface area contributed by atoms with Crippen molar-refractivity contribution in [3.63, 3.8) is 0 Å². The molecule has 0 aliphatic carbocycles. The molecule has 0 saturated carbocycles. The summed E-state index contributed by atoms with van der Waals surface area (Å²) in [6, 6.07) is 8.69. The van der Waals surface area contributed by atoms with E-state index in [0.717, 1.165) is 11.1 Å². The van der Waals surface area contributed by atoms with Gasteiger partial charge in [0.05, 0.1) is 6.04 Å². The third kappa shape index (κ3) is 3.10. The van der Waals surface area contributed by atoms with Crippen molar-refractivity contribution in [1.29, 1.82) is 0 Å². The summed E-state index contributed by atoms with van der Waals surface area (Å²) in [6.07, 6.45) is 0. The monoisotopic (exact) mass is 374 g/mol. The second-order valence-corrected chi connectivity index (χ2v) is 5.45. The highest BCUT2D eigenvalue weighted by atomic mass is 127. The van der Waals surface area contributed by atoms with Crippen LogP contribution in [0.25, 0.3) is 0 Å². The molecule has 0 fully saturated rings. The molecule has 0 spiro atoms. The van der Waals surface area contributed by atoms with E-state index >= 15 is 0 Å². The fourth-order valence-corrected chi connectivity index (χ4v) is 2.76. The number of benzene rings is 2. The molecular formula is C14H13F2IN2. The van der Waals surface area contributed by atoms with Crippen LogP contribution >= 0.6 is 22.6 Å². The summed E-state index contributed by atoms with van der Waals surface area (Å²) in [5.74, 6) is 4.88. The molecule has 0 saturated heterocycles. The second kappa shape index (κ2) is 5.94. The summed E-state index contributed by atoms with van der Waals surface area (Å²) >= 11 is 2.01. The van der Waals surface area contributed by atoms with Gasteiger partial charge < -0.3 is 0 Å². The highest BCUT2D eigenvalue weighted by Gasteiger charge is 2.19. The van der Waals surface area contributed by atoms with Crippen LogP contribution in [0.5, 0.6) is 0 Å². The maximum Gasteiger partial charge on any atom is 0.128 e. The molecule has 2 aromatic carbocycles. The lowest BCUT2D eigenvalue weighted by atomic mass is 9.97. The van der Waals surface area contributed by atoms with Gasteiger partial charge in [0.15, 0.2) is 0 Å². The van der Waals surface area contributed by atoms with Crippen LogP contribution in [0.2, 0.25) is 0 Å². The number of rotatable bonds is 3. The molecule has 0 aliphatic rings. The van der Waals surface area contributed by atoms with Gasteiger partial charge >= 0.3 is 0 Å². The van der Waals surface area contributed by atoms with Crippen molar-refractivity contribution in [2.45, 2.75) is 13.0 Å². The molecule has 100 valence electrons. The summed E-state index contributed by atoms with van der Waals surface area (Å²) < 4.78 is 27.8. The number of halogens is 3. The molecule has 5 heteroatoms. The normalized spacial score (nSPS) is 12.5.